The molecule has 0 aromatic heterocycles. The lowest BCUT2D eigenvalue weighted by Gasteiger charge is -2.24. The van der Waals surface area contributed by atoms with Crippen molar-refractivity contribution in [3.05, 3.63) is 30.1 Å². The molecule has 0 aliphatic carbocycles. The second-order valence-electron chi connectivity index (χ2n) is 3.49. The molecule has 14 heavy (non-hydrogen) atoms. The number of benzene rings is 1. The van der Waals surface area contributed by atoms with E-state index in [4.69, 9.17) is 5.73 Å². The van der Waals surface area contributed by atoms with Crippen LogP contribution in [0.3, 0.4) is 0 Å². The van der Waals surface area contributed by atoms with Crippen molar-refractivity contribution in [1.29, 1.82) is 0 Å². The number of hydrogen-bond donors (Lipinski definition) is 1. The average Bonchev–Trinajstić information content (AvgIpc) is 2.15. The van der Waals surface area contributed by atoms with Crippen LogP contribution in [-0.2, 0) is 0 Å². The van der Waals surface area contributed by atoms with Crippen LogP contribution < -0.4 is 10.6 Å². The molecule has 1 aromatic rings. The molecule has 0 amide bonds. The highest BCUT2D eigenvalue weighted by molar-refractivity contribution is 5.46. The number of hydrogen-bond acceptors (Lipinski definition) is 2. The average molecular weight is 196 g/mol. The van der Waals surface area contributed by atoms with Crippen LogP contribution in [-0.4, -0.2) is 19.1 Å². The Hall–Kier alpha value is -1.09. The van der Waals surface area contributed by atoms with Crippen LogP contribution in [0, 0.1) is 5.82 Å². The fraction of sp³-hybridized carbons (Fsp3) is 0.455. The van der Waals surface area contributed by atoms with Gasteiger partial charge in [0.1, 0.15) is 5.82 Å². The molecule has 0 saturated carbocycles. The molecule has 2 N–H and O–H groups in total. The number of halogens is 1. The van der Waals surface area contributed by atoms with E-state index in [1.54, 1.807) is 12.1 Å². The lowest BCUT2D eigenvalue weighted by molar-refractivity contribution is 0.626. The Morgan fingerprint density at radius 3 is 2.36 bits per heavy atom. The Labute approximate surface area is 84.5 Å². The molecule has 2 nitrogen and oxygen atoms in total. The highest BCUT2D eigenvalue weighted by Crippen LogP contribution is 2.14. The van der Waals surface area contributed by atoms with E-state index in [0.717, 1.165) is 18.8 Å². The van der Waals surface area contributed by atoms with E-state index in [2.05, 4.69) is 11.8 Å². The summed E-state index contributed by atoms with van der Waals surface area (Å²) in [5, 5.41) is 0. The number of nitrogens with zero attached hydrogens (tertiary/aromatic N) is 1. The van der Waals surface area contributed by atoms with Gasteiger partial charge in [0.25, 0.3) is 0 Å². The first-order valence-electron chi connectivity index (χ1n) is 4.89. The Morgan fingerprint density at radius 2 is 1.93 bits per heavy atom. The zero-order valence-electron chi connectivity index (χ0n) is 8.70. The van der Waals surface area contributed by atoms with Gasteiger partial charge in [-0.15, -0.1) is 0 Å². The minimum atomic E-state index is -0.203. The van der Waals surface area contributed by atoms with Crippen molar-refractivity contribution in [2.24, 2.45) is 5.73 Å². The van der Waals surface area contributed by atoms with Crippen LogP contribution in [0.1, 0.15) is 13.8 Å². The van der Waals surface area contributed by atoms with Gasteiger partial charge in [-0.3, -0.25) is 0 Å². The van der Waals surface area contributed by atoms with Gasteiger partial charge in [-0.1, -0.05) is 0 Å². The predicted octanol–water partition coefficient (Wildman–Crippen LogP) is 2.00. The van der Waals surface area contributed by atoms with Gasteiger partial charge >= 0.3 is 0 Å². The first-order valence-corrected chi connectivity index (χ1v) is 4.89. The quantitative estimate of drug-likeness (QED) is 0.798. The van der Waals surface area contributed by atoms with Crippen LogP contribution >= 0.6 is 0 Å². The van der Waals surface area contributed by atoms with Gasteiger partial charge < -0.3 is 10.6 Å². The molecule has 1 rings (SSSR count). The monoisotopic (exact) mass is 196 g/mol. The maximum Gasteiger partial charge on any atom is 0.123 e. The summed E-state index contributed by atoms with van der Waals surface area (Å²) >= 11 is 0. The van der Waals surface area contributed by atoms with E-state index >= 15 is 0 Å². The van der Waals surface area contributed by atoms with E-state index in [-0.39, 0.29) is 11.9 Å². The van der Waals surface area contributed by atoms with E-state index in [1.807, 2.05) is 6.92 Å². The highest BCUT2D eigenvalue weighted by atomic mass is 19.1. The number of likely N-dealkylation sites (N-methyl/N-ethyl adjacent to an activating group) is 1. The Morgan fingerprint density at radius 1 is 1.36 bits per heavy atom. The largest absolute Gasteiger partial charge is 0.370 e. The van der Waals surface area contributed by atoms with E-state index in [0.29, 0.717) is 0 Å². The zero-order chi connectivity index (χ0) is 10.6. The molecular weight excluding hydrogens is 179 g/mol. The van der Waals surface area contributed by atoms with E-state index in [1.165, 1.54) is 12.1 Å². The van der Waals surface area contributed by atoms with Crippen molar-refractivity contribution in [2.45, 2.75) is 19.9 Å². The van der Waals surface area contributed by atoms with Gasteiger partial charge in [0.05, 0.1) is 0 Å². The summed E-state index contributed by atoms with van der Waals surface area (Å²) in [7, 11) is 0. The molecule has 1 aromatic carbocycles. The third-order valence-corrected chi connectivity index (χ3v) is 2.08. The van der Waals surface area contributed by atoms with Crippen molar-refractivity contribution >= 4 is 5.69 Å². The van der Waals surface area contributed by atoms with Gasteiger partial charge in [-0.25, -0.2) is 4.39 Å². The maximum atomic E-state index is 12.7. The normalized spacial score (nSPS) is 12.6. The molecule has 0 heterocycles. The summed E-state index contributed by atoms with van der Waals surface area (Å²) in [6.07, 6.45) is 0. The topological polar surface area (TPSA) is 29.3 Å². The number of anilines is 1. The van der Waals surface area contributed by atoms with Crippen molar-refractivity contribution < 1.29 is 4.39 Å². The first kappa shape index (κ1) is 11.0. The van der Waals surface area contributed by atoms with Gasteiger partial charge in [0.2, 0.25) is 0 Å². The molecule has 3 heteroatoms. The predicted molar refractivity (Wildman–Crippen MR) is 57.9 cm³/mol. The first-order chi connectivity index (χ1) is 6.63. The van der Waals surface area contributed by atoms with Gasteiger partial charge in [0.15, 0.2) is 0 Å². The van der Waals surface area contributed by atoms with Crippen LogP contribution in [0.15, 0.2) is 24.3 Å². The minimum absolute atomic E-state index is 0.125. The van der Waals surface area contributed by atoms with Gasteiger partial charge in [-0.05, 0) is 38.1 Å². The third kappa shape index (κ3) is 3.00. The number of nitrogens with two attached hydrogens (primary N) is 1. The summed E-state index contributed by atoms with van der Waals surface area (Å²) in [5.41, 5.74) is 6.74. The Kier molecular flexibility index (Phi) is 3.89. The fourth-order valence-corrected chi connectivity index (χ4v) is 1.42. The lowest BCUT2D eigenvalue weighted by Crippen LogP contribution is -2.35. The minimum Gasteiger partial charge on any atom is -0.370 e. The van der Waals surface area contributed by atoms with E-state index in [9.17, 15) is 4.39 Å². The molecular formula is C11H17FN2. The molecule has 0 aliphatic heterocycles. The van der Waals surface area contributed by atoms with E-state index < -0.39 is 0 Å². The third-order valence-electron chi connectivity index (χ3n) is 2.08. The molecule has 0 unspecified atom stereocenters. The second-order valence-corrected chi connectivity index (χ2v) is 3.49. The van der Waals surface area contributed by atoms with Crippen LogP contribution in [0.5, 0.6) is 0 Å². The summed E-state index contributed by atoms with van der Waals surface area (Å²) in [6, 6.07) is 6.63. The molecule has 1 atom stereocenters. The van der Waals surface area contributed by atoms with Crippen molar-refractivity contribution in [1.82, 2.24) is 0 Å². The maximum absolute atomic E-state index is 12.7. The van der Waals surface area contributed by atoms with Crippen molar-refractivity contribution in [3.8, 4) is 0 Å². The highest BCUT2D eigenvalue weighted by Gasteiger charge is 2.05. The van der Waals surface area contributed by atoms with Gasteiger partial charge in [0, 0.05) is 24.8 Å². The molecule has 0 bridgehead atoms. The smallest absolute Gasteiger partial charge is 0.123 e. The van der Waals surface area contributed by atoms with Crippen molar-refractivity contribution in [3.63, 3.8) is 0 Å². The molecule has 78 valence electrons. The molecule has 0 radical (unpaired) electrons. The van der Waals surface area contributed by atoms with Gasteiger partial charge in [-0.2, -0.15) is 0 Å². The Balaban J connectivity index is 2.73. The SMILES string of the molecule is CCN(C[C@H](C)N)c1ccc(F)cc1. The van der Waals surface area contributed by atoms with Crippen LogP contribution in [0.2, 0.25) is 0 Å². The lowest BCUT2D eigenvalue weighted by atomic mass is 10.2. The number of rotatable bonds is 4. The second kappa shape index (κ2) is 4.96. The summed E-state index contributed by atoms with van der Waals surface area (Å²) in [4.78, 5) is 2.13. The summed E-state index contributed by atoms with van der Waals surface area (Å²) in [5.74, 6) is -0.203. The summed E-state index contributed by atoms with van der Waals surface area (Å²) in [6.45, 7) is 5.70. The molecule has 0 fully saturated rings. The van der Waals surface area contributed by atoms with Crippen LogP contribution in [0.4, 0.5) is 10.1 Å². The zero-order valence-corrected chi connectivity index (χ0v) is 8.70. The molecule has 0 saturated heterocycles. The Bertz CT molecular complexity index is 269. The molecule has 0 spiro atoms. The summed E-state index contributed by atoms with van der Waals surface area (Å²) < 4.78 is 12.7. The van der Waals surface area contributed by atoms with Crippen LogP contribution in [0.25, 0.3) is 0 Å². The van der Waals surface area contributed by atoms with Crippen molar-refractivity contribution in [2.75, 3.05) is 18.0 Å². The molecule has 0 aliphatic rings. The standard InChI is InChI=1S/C11H17FN2/c1-3-14(8-9(2)13)11-6-4-10(12)5-7-11/h4-7,9H,3,8,13H2,1-2H3/t9-/m0/s1. The fourth-order valence-electron chi connectivity index (χ4n) is 1.42.